The molecule has 3 N–H and O–H groups in total. The summed E-state index contributed by atoms with van der Waals surface area (Å²) in [6.45, 7) is 4.28. The molecule has 1 aromatic heterocycles. The summed E-state index contributed by atoms with van der Waals surface area (Å²) in [7, 11) is 0. The first-order valence-corrected chi connectivity index (χ1v) is 11.2. The number of aliphatic hydroxyl groups excluding tert-OH is 1. The first-order valence-electron chi connectivity index (χ1n) is 11.2. The summed E-state index contributed by atoms with van der Waals surface area (Å²) in [5.41, 5.74) is 3.38. The van der Waals surface area contributed by atoms with Crippen LogP contribution in [-0.2, 0) is 0 Å². The van der Waals surface area contributed by atoms with Gasteiger partial charge in [-0.3, -0.25) is 0 Å². The number of fused-ring (bicyclic) bond motifs is 1. The molecular weight excluding hydrogens is 413 g/mol. The van der Waals surface area contributed by atoms with Gasteiger partial charge in [0.2, 0.25) is 0 Å². The van der Waals surface area contributed by atoms with Crippen LogP contribution in [0, 0.1) is 23.4 Å². The number of rotatable bonds is 7. The van der Waals surface area contributed by atoms with Crippen LogP contribution in [0.2, 0.25) is 0 Å². The molecule has 3 aromatic rings. The number of aromatic nitrogens is 1. The largest absolute Gasteiger partial charge is 0.394 e. The molecule has 2 saturated carbocycles. The topological polar surface area (TPSA) is 48.0 Å². The minimum absolute atomic E-state index is 0.118. The first kappa shape index (κ1) is 21.1. The second-order valence-corrected chi connectivity index (χ2v) is 9.49. The number of benzene rings is 2. The number of aromatic amines is 1. The Kier molecular flexibility index (Phi) is 5.28. The molecule has 2 aliphatic rings. The number of nitrogens with one attached hydrogen (secondary N) is 2. The first-order chi connectivity index (χ1) is 15.4. The molecule has 2 aliphatic carbocycles. The molecule has 3 nitrogen and oxygen atoms in total. The minimum atomic E-state index is -0.627. The quantitative estimate of drug-likeness (QED) is 0.412. The van der Waals surface area contributed by atoms with Gasteiger partial charge >= 0.3 is 0 Å². The number of hydrogen-bond donors (Lipinski definition) is 3. The summed E-state index contributed by atoms with van der Waals surface area (Å²) in [5, 5.41) is 13.6. The lowest BCUT2D eigenvalue weighted by Gasteiger charge is -2.44. The van der Waals surface area contributed by atoms with Crippen LogP contribution >= 0.6 is 0 Å². The van der Waals surface area contributed by atoms with Crippen LogP contribution < -0.4 is 5.32 Å². The molecule has 5 rings (SSSR count). The van der Waals surface area contributed by atoms with Gasteiger partial charge in [0.25, 0.3) is 0 Å². The average Bonchev–Trinajstić information content (AvgIpc) is 3.07. The van der Waals surface area contributed by atoms with Gasteiger partial charge < -0.3 is 15.4 Å². The van der Waals surface area contributed by atoms with Gasteiger partial charge in [-0.15, -0.1) is 0 Å². The van der Waals surface area contributed by atoms with Crippen molar-refractivity contribution < 1.29 is 18.3 Å². The molecule has 32 heavy (non-hydrogen) atoms. The summed E-state index contributed by atoms with van der Waals surface area (Å²) in [6.07, 6.45) is 5.62. The molecule has 168 valence electrons. The van der Waals surface area contributed by atoms with Crippen LogP contribution in [0.15, 0.2) is 48.7 Å². The standard InChI is InChI=1S/C26H27F3N2O/c1-15(31-26(14-32)7-2-8-26)9-16-10-18(11-16)23-21-12-20(28)13-22(29)25(21)30-24(23)17-3-5-19(27)6-4-17/h3-6,12-13,16,18,30-32H,1-2,7-11,14H2. The second-order valence-electron chi connectivity index (χ2n) is 9.49. The van der Waals surface area contributed by atoms with Crippen LogP contribution in [0.1, 0.15) is 50.0 Å². The van der Waals surface area contributed by atoms with Crippen molar-refractivity contribution in [3.63, 3.8) is 0 Å². The third kappa shape index (κ3) is 3.71. The molecule has 6 heteroatoms. The lowest BCUT2D eigenvalue weighted by atomic mass is 9.68. The maximum Gasteiger partial charge on any atom is 0.150 e. The van der Waals surface area contributed by atoms with E-state index in [0.717, 1.165) is 67.1 Å². The molecule has 0 atom stereocenters. The van der Waals surface area contributed by atoms with E-state index in [2.05, 4.69) is 16.9 Å². The van der Waals surface area contributed by atoms with E-state index in [1.165, 1.54) is 18.2 Å². The van der Waals surface area contributed by atoms with Crippen molar-refractivity contribution in [2.45, 2.75) is 50.0 Å². The van der Waals surface area contributed by atoms with E-state index in [-0.39, 0.29) is 29.4 Å². The molecule has 2 fully saturated rings. The van der Waals surface area contributed by atoms with Gasteiger partial charge in [0.05, 0.1) is 23.4 Å². The van der Waals surface area contributed by atoms with Crippen LogP contribution in [-0.4, -0.2) is 22.2 Å². The van der Waals surface area contributed by atoms with E-state index in [9.17, 15) is 18.3 Å². The molecule has 0 radical (unpaired) electrons. The molecule has 1 heterocycles. The zero-order valence-corrected chi connectivity index (χ0v) is 17.9. The summed E-state index contributed by atoms with van der Waals surface area (Å²) < 4.78 is 42.0. The third-order valence-electron chi connectivity index (χ3n) is 7.23. The smallest absolute Gasteiger partial charge is 0.150 e. The van der Waals surface area contributed by atoms with Crippen molar-refractivity contribution in [1.29, 1.82) is 0 Å². The Hall–Kier alpha value is -2.73. The molecule has 0 spiro atoms. The Morgan fingerprint density at radius 1 is 1.09 bits per heavy atom. The zero-order chi connectivity index (χ0) is 22.5. The molecule has 0 bridgehead atoms. The second kappa shape index (κ2) is 8.00. The normalized spacial score (nSPS) is 21.8. The molecule has 0 amide bonds. The van der Waals surface area contributed by atoms with Crippen LogP contribution in [0.5, 0.6) is 0 Å². The highest BCUT2D eigenvalue weighted by Crippen LogP contribution is 2.50. The third-order valence-corrected chi connectivity index (χ3v) is 7.23. The Labute approximate surface area is 185 Å². The van der Waals surface area contributed by atoms with E-state index in [0.29, 0.717) is 11.3 Å². The predicted octanol–water partition coefficient (Wildman–Crippen LogP) is 6.15. The number of hydrogen-bond acceptors (Lipinski definition) is 2. The summed E-state index contributed by atoms with van der Waals surface area (Å²) >= 11 is 0. The highest BCUT2D eigenvalue weighted by molar-refractivity contribution is 5.92. The lowest BCUT2D eigenvalue weighted by Crippen LogP contribution is -2.53. The van der Waals surface area contributed by atoms with Crippen molar-refractivity contribution in [3.8, 4) is 11.3 Å². The summed E-state index contributed by atoms with van der Waals surface area (Å²) in [4.78, 5) is 3.13. The van der Waals surface area contributed by atoms with Gasteiger partial charge in [0, 0.05) is 17.1 Å². The van der Waals surface area contributed by atoms with E-state index >= 15 is 0 Å². The Morgan fingerprint density at radius 2 is 1.81 bits per heavy atom. The van der Waals surface area contributed by atoms with E-state index in [1.54, 1.807) is 12.1 Å². The van der Waals surface area contributed by atoms with Gasteiger partial charge in [-0.05, 0) is 91.8 Å². The summed E-state index contributed by atoms with van der Waals surface area (Å²) in [5.74, 6) is -1.01. The van der Waals surface area contributed by atoms with E-state index < -0.39 is 11.6 Å². The number of halogens is 3. The Bertz CT molecular complexity index is 1150. The molecule has 0 aliphatic heterocycles. The fourth-order valence-electron chi connectivity index (χ4n) is 5.35. The van der Waals surface area contributed by atoms with Crippen molar-refractivity contribution in [2.75, 3.05) is 6.61 Å². The maximum atomic E-state index is 14.5. The van der Waals surface area contributed by atoms with Crippen LogP contribution in [0.4, 0.5) is 13.2 Å². The van der Waals surface area contributed by atoms with Crippen molar-refractivity contribution in [2.24, 2.45) is 5.92 Å². The summed E-state index contributed by atoms with van der Waals surface area (Å²) in [6, 6.07) is 8.33. The van der Waals surface area contributed by atoms with Gasteiger partial charge in [-0.25, -0.2) is 13.2 Å². The van der Waals surface area contributed by atoms with E-state index in [1.807, 2.05) is 0 Å². The maximum absolute atomic E-state index is 14.5. The van der Waals surface area contributed by atoms with Crippen LogP contribution in [0.25, 0.3) is 22.2 Å². The minimum Gasteiger partial charge on any atom is -0.394 e. The fourth-order valence-corrected chi connectivity index (χ4v) is 5.35. The van der Waals surface area contributed by atoms with Gasteiger partial charge in [0.1, 0.15) is 17.5 Å². The SMILES string of the molecule is C=C(CC1CC(c2c(-c3ccc(F)cc3)[nH]c3c(F)cc(F)cc23)C1)NC1(CO)CCC1. The number of aliphatic hydroxyl groups is 1. The van der Waals surface area contributed by atoms with Gasteiger partial charge in [-0.1, -0.05) is 6.58 Å². The molecular formula is C26H27F3N2O. The lowest BCUT2D eigenvalue weighted by molar-refractivity contribution is 0.0955. The van der Waals surface area contributed by atoms with Crippen molar-refractivity contribution in [1.82, 2.24) is 10.3 Å². The average molecular weight is 441 g/mol. The Balaban J connectivity index is 1.39. The van der Waals surface area contributed by atoms with Crippen LogP contribution in [0.3, 0.4) is 0 Å². The molecule has 2 aromatic carbocycles. The highest BCUT2D eigenvalue weighted by Gasteiger charge is 2.38. The van der Waals surface area contributed by atoms with Crippen molar-refractivity contribution in [3.05, 3.63) is 71.7 Å². The highest BCUT2D eigenvalue weighted by atomic mass is 19.1. The van der Waals surface area contributed by atoms with E-state index in [4.69, 9.17) is 0 Å². The number of allylic oxidation sites excluding steroid dienone is 1. The fraction of sp³-hybridized carbons (Fsp3) is 0.385. The molecule has 0 saturated heterocycles. The van der Waals surface area contributed by atoms with Gasteiger partial charge in [0.15, 0.2) is 0 Å². The monoisotopic (exact) mass is 440 g/mol. The Morgan fingerprint density at radius 3 is 2.44 bits per heavy atom. The molecule has 0 unspecified atom stereocenters. The zero-order valence-electron chi connectivity index (χ0n) is 17.9. The number of H-pyrrole nitrogens is 1. The predicted molar refractivity (Wildman–Crippen MR) is 120 cm³/mol. The van der Waals surface area contributed by atoms with Crippen molar-refractivity contribution >= 4 is 10.9 Å². The van der Waals surface area contributed by atoms with Gasteiger partial charge in [-0.2, -0.15) is 0 Å².